The molecule has 17 heavy (non-hydrogen) atoms. The lowest BCUT2D eigenvalue weighted by molar-refractivity contribution is 0.0340. The Bertz CT molecular complexity index is 349. The maximum absolute atomic E-state index is 5.24. The molecule has 0 saturated carbocycles. The zero-order chi connectivity index (χ0) is 10.5. The highest BCUT2D eigenvalue weighted by molar-refractivity contribution is 5.85. The predicted molar refractivity (Wildman–Crippen MR) is 74.6 cm³/mol. The number of fused-ring (bicyclic) bond motifs is 1. The molecule has 2 rings (SSSR count). The van der Waals surface area contributed by atoms with Crippen molar-refractivity contribution < 1.29 is 4.84 Å². The second-order valence-electron chi connectivity index (χ2n) is 3.36. The van der Waals surface area contributed by atoms with E-state index in [1.54, 1.807) is 6.08 Å². The van der Waals surface area contributed by atoms with Gasteiger partial charge in [-0.05, 0) is 11.6 Å². The van der Waals surface area contributed by atoms with Crippen LogP contribution in [0.4, 0.5) is 5.69 Å². The molecule has 96 valence electrons. The van der Waals surface area contributed by atoms with Gasteiger partial charge in [0.1, 0.15) is 0 Å². The summed E-state index contributed by atoms with van der Waals surface area (Å²) in [4.78, 5) is 5.24. The second-order valence-corrected chi connectivity index (χ2v) is 3.36. The van der Waals surface area contributed by atoms with Crippen LogP contribution in [0.5, 0.6) is 0 Å². The third-order valence-electron chi connectivity index (χ3n) is 2.29. The van der Waals surface area contributed by atoms with Crippen molar-refractivity contribution in [2.75, 3.05) is 18.6 Å². The van der Waals surface area contributed by atoms with Crippen molar-refractivity contribution in [3.8, 4) is 0 Å². The highest BCUT2D eigenvalue weighted by Crippen LogP contribution is 2.24. The van der Waals surface area contributed by atoms with Crippen LogP contribution in [0.3, 0.4) is 0 Å². The van der Waals surface area contributed by atoms with Gasteiger partial charge in [-0.15, -0.1) is 31.4 Å². The van der Waals surface area contributed by atoms with Gasteiger partial charge in [0.05, 0.1) is 18.3 Å². The van der Waals surface area contributed by atoms with Crippen molar-refractivity contribution >= 4 is 30.5 Å². The number of hydrazine groups is 1. The molecule has 0 spiro atoms. The minimum atomic E-state index is 0. The van der Waals surface area contributed by atoms with Gasteiger partial charge < -0.3 is 5.43 Å². The van der Waals surface area contributed by atoms with Crippen molar-refractivity contribution in [3.63, 3.8) is 0 Å². The Morgan fingerprint density at radius 1 is 1.41 bits per heavy atom. The quantitative estimate of drug-likeness (QED) is 0.449. The molecule has 0 radical (unpaired) electrons. The van der Waals surface area contributed by atoms with Crippen molar-refractivity contribution in [1.29, 1.82) is 0 Å². The minimum Gasteiger partial charge on any atom is -0.321 e. The highest BCUT2D eigenvalue weighted by Gasteiger charge is 2.18. The molecule has 3 N–H and O–H groups in total. The Morgan fingerprint density at radius 2 is 2.18 bits per heavy atom. The normalized spacial score (nSPS) is 16.8. The van der Waals surface area contributed by atoms with E-state index in [1.807, 2.05) is 18.2 Å². The lowest BCUT2D eigenvalue weighted by Gasteiger charge is -2.27. The van der Waals surface area contributed by atoms with E-state index in [-0.39, 0.29) is 30.9 Å². The molecule has 0 amide bonds. The number of rotatable bonds is 4. The molecule has 0 aliphatic carbocycles. The fourth-order valence-electron chi connectivity index (χ4n) is 1.59. The van der Waals surface area contributed by atoms with Gasteiger partial charge in [-0.25, -0.2) is 5.43 Å². The summed E-state index contributed by atoms with van der Waals surface area (Å²) in [6, 6.07) is 8.30. The first-order valence-electron chi connectivity index (χ1n) is 4.98. The van der Waals surface area contributed by atoms with Crippen LogP contribution in [0.15, 0.2) is 36.9 Å². The number of benzene rings is 1. The van der Waals surface area contributed by atoms with Crippen molar-refractivity contribution in [2.45, 2.75) is 6.04 Å². The number of anilines is 1. The molecular weight excluding hydrogens is 261 g/mol. The number of halogens is 2. The van der Waals surface area contributed by atoms with Gasteiger partial charge >= 0.3 is 0 Å². The average Bonchev–Trinajstić information content (AvgIpc) is 2.30. The lowest BCUT2D eigenvalue weighted by atomic mass is 10.0. The van der Waals surface area contributed by atoms with E-state index in [0.29, 0.717) is 6.61 Å². The Hall–Kier alpha value is -0.780. The molecule has 1 aromatic carbocycles. The Balaban J connectivity index is 0.00000128. The third kappa shape index (κ3) is 4.18. The van der Waals surface area contributed by atoms with Gasteiger partial charge in [-0.3, -0.25) is 4.84 Å². The summed E-state index contributed by atoms with van der Waals surface area (Å²) in [5.41, 5.74) is 11.5. The Kier molecular flexibility index (Phi) is 7.95. The first kappa shape index (κ1) is 16.2. The van der Waals surface area contributed by atoms with E-state index in [9.17, 15) is 0 Å². The lowest BCUT2D eigenvalue weighted by Crippen LogP contribution is -2.39. The third-order valence-corrected chi connectivity index (χ3v) is 2.29. The van der Waals surface area contributed by atoms with E-state index < -0.39 is 0 Å². The van der Waals surface area contributed by atoms with Crippen LogP contribution >= 0.6 is 24.8 Å². The monoisotopic (exact) mass is 277 g/mol. The molecule has 0 aromatic heterocycles. The van der Waals surface area contributed by atoms with Gasteiger partial charge in [-0.2, -0.15) is 5.48 Å². The summed E-state index contributed by atoms with van der Waals surface area (Å²) in [5.74, 6) is 0. The van der Waals surface area contributed by atoms with Gasteiger partial charge in [0.15, 0.2) is 0 Å². The Labute approximate surface area is 114 Å². The molecule has 1 aliphatic rings. The van der Waals surface area contributed by atoms with Crippen LogP contribution in [-0.4, -0.2) is 13.2 Å². The van der Waals surface area contributed by atoms with Gasteiger partial charge in [0.2, 0.25) is 0 Å². The molecule has 1 aromatic rings. The second kappa shape index (κ2) is 8.33. The summed E-state index contributed by atoms with van der Waals surface area (Å²) in [6.45, 7) is 4.89. The maximum Gasteiger partial charge on any atom is 0.0861 e. The minimum absolute atomic E-state index is 0. The first-order chi connectivity index (χ1) is 7.42. The molecule has 0 bridgehead atoms. The molecule has 1 aliphatic heterocycles. The van der Waals surface area contributed by atoms with E-state index in [1.165, 1.54) is 5.56 Å². The van der Waals surface area contributed by atoms with Gasteiger partial charge in [0, 0.05) is 6.54 Å². The highest BCUT2D eigenvalue weighted by atomic mass is 35.5. The van der Waals surface area contributed by atoms with Crippen LogP contribution in [0, 0.1) is 0 Å². The zero-order valence-corrected chi connectivity index (χ0v) is 10.9. The number of nitrogens with one attached hydrogen (secondary N) is 3. The summed E-state index contributed by atoms with van der Waals surface area (Å²) in [7, 11) is 0. The van der Waals surface area contributed by atoms with Gasteiger partial charge in [0.25, 0.3) is 0 Å². The molecule has 1 atom stereocenters. The molecule has 1 heterocycles. The van der Waals surface area contributed by atoms with Crippen molar-refractivity contribution in [1.82, 2.24) is 10.9 Å². The zero-order valence-electron chi connectivity index (χ0n) is 9.31. The van der Waals surface area contributed by atoms with E-state index in [2.05, 4.69) is 29.0 Å². The van der Waals surface area contributed by atoms with E-state index in [0.717, 1.165) is 12.2 Å². The summed E-state index contributed by atoms with van der Waals surface area (Å²) in [5, 5.41) is 0. The van der Waals surface area contributed by atoms with E-state index >= 15 is 0 Å². The van der Waals surface area contributed by atoms with Crippen LogP contribution in [0.2, 0.25) is 0 Å². The fraction of sp³-hybridized carbons (Fsp3) is 0.273. The van der Waals surface area contributed by atoms with Crippen LogP contribution < -0.4 is 16.3 Å². The largest absolute Gasteiger partial charge is 0.321 e. The molecule has 6 heteroatoms. The molecule has 1 unspecified atom stereocenters. The van der Waals surface area contributed by atoms with Crippen LogP contribution in [0.25, 0.3) is 0 Å². The summed E-state index contributed by atoms with van der Waals surface area (Å²) >= 11 is 0. The summed E-state index contributed by atoms with van der Waals surface area (Å²) in [6.07, 6.45) is 1.72. The smallest absolute Gasteiger partial charge is 0.0861 e. The van der Waals surface area contributed by atoms with E-state index in [4.69, 9.17) is 4.84 Å². The molecule has 0 fully saturated rings. The number of hydroxylamine groups is 1. The average molecular weight is 278 g/mol. The standard InChI is InChI=1S/C11H15N3O.2ClH/c1-2-7-15-14-11-8-12-13-10-6-4-3-5-9(10)11;;/h2-6,11-14H,1,7-8H2;2*1H. The van der Waals surface area contributed by atoms with Crippen LogP contribution in [-0.2, 0) is 4.84 Å². The van der Waals surface area contributed by atoms with Gasteiger partial charge in [-0.1, -0.05) is 24.3 Å². The van der Waals surface area contributed by atoms with Crippen LogP contribution in [0.1, 0.15) is 11.6 Å². The SMILES string of the molecule is C=CCONC1CNNc2ccccc21.Cl.Cl. The molecular formula is C11H17Cl2N3O. The Morgan fingerprint density at radius 3 is 2.94 bits per heavy atom. The first-order valence-corrected chi connectivity index (χ1v) is 4.98. The predicted octanol–water partition coefficient (Wildman–Crippen LogP) is 2.21. The fourth-order valence-corrected chi connectivity index (χ4v) is 1.59. The summed E-state index contributed by atoms with van der Waals surface area (Å²) < 4.78 is 0. The number of para-hydroxylation sites is 1. The number of hydrogen-bond acceptors (Lipinski definition) is 4. The molecule has 4 nitrogen and oxygen atoms in total. The number of hydrogen-bond donors (Lipinski definition) is 3. The molecule has 0 saturated heterocycles. The topological polar surface area (TPSA) is 45.3 Å². The van der Waals surface area contributed by atoms with Crippen molar-refractivity contribution in [2.24, 2.45) is 0 Å². The van der Waals surface area contributed by atoms with Crippen molar-refractivity contribution in [3.05, 3.63) is 42.5 Å². The maximum atomic E-state index is 5.24.